The molecule has 2 heterocycles. The SMILES string of the molecule is COCCOCCN1CC2(COc3cc(OCCOC)ccc32)c2ccccc21. The molecule has 1 atom stereocenters. The average molecular weight is 399 g/mol. The molecular formula is C23H29NO5. The minimum atomic E-state index is -0.149. The van der Waals surface area contributed by atoms with Crippen LogP contribution >= 0.6 is 0 Å². The monoisotopic (exact) mass is 399 g/mol. The average Bonchev–Trinajstić information content (AvgIpc) is 3.27. The highest BCUT2D eigenvalue weighted by atomic mass is 16.5. The molecule has 2 aliphatic heterocycles. The Morgan fingerprint density at radius 1 is 0.931 bits per heavy atom. The van der Waals surface area contributed by atoms with Crippen molar-refractivity contribution in [3.63, 3.8) is 0 Å². The third-order valence-electron chi connectivity index (χ3n) is 5.66. The molecule has 4 rings (SSSR count). The van der Waals surface area contributed by atoms with E-state index >= 15 is 0 Å². The maximum absolute atomic E-state index is 6.16. The van der Waals surface area contributed by atoms with E-state index in [1.165, 1.54) is 16.8 Å². The van der Waals surface area contributed by atoms with Gasteiger partial charge in [-0.2, -0.15) is 0 Å². The Bertz CT molecular complexity index is 827. The Hall–Kier alpha value is -2.28. The second-order valence-electron chi connectivity index (χ2n) is 7.41. The second kappa shape index (κ2) is 9.03. The summed E-state index contributed by atoms with van der Waals surface area (Å²) in [6.45, 7) is 5.38. The summed E-state index contributed by atoms with van der Waals surface area (Å²) < 4.78 is 27.7. The van der Waals surface area contributed by atoms with E-state index in [1.807, 2.05) is 12.1 Å². The molecule has 0 saturated carbocycles. The van der Waals surface area contributed by atoms with Crippen molar-refractivity contribution in [1.29, 1.82) is 0 Å². The van der Waals surface area contributed by atoms with Gasteiger partial charge >= 0.3 is 0 Å². The van der Waals surface area contributed by atoms with Crippen molar-refractivity contribution in [1.82, 2.24) is 0 Å². The summed E-state index contributed by atoms with van der Waals surface area (Å²) in [6.07, 6.45) is 0. The summed E-state index contributed by atoms with van der Waals surface area (Å²) in [5.41, 5.74) is 3.67. The molecular weight excluding hydrogens is 370 g/mol. The lowest BCUT2D eigenvalue weighted by atomic mass is 9.78. The number of benzene rings is 2. The van der Waals surface area contributed by atoms with Gasteiger partial charge < -0.3 is 28.6 Å². The minimum absolute atomic E-state index is 0.149. The lowest BCUT2D eigenvalue weighted by Crippen LogP contribution is -2.37. The van der Waals surface area contributed by atoms with Crippen LogP contribution < -0.4 is 14.4 Å². The molecule has 29 heavy (non-hydrogen) atoms. The zero-order chi connectivity index (χ0) is 20.1. The molecule has 0 fully saturated rings. The molecule has 2 aromatic carbocycles. The number of ether oxygens (including phenoxy) is 5. The van der Waals surface area contributed by atoms with Crippen molar-refractivity contribution in [3.05, 3.63) is 53.6 Å². The summed E-state index contributed by atoms with van der Waals surface area (Å²) in [4.78, 5) is 2.41. The topological polar surface area (TPSA) is 49.4 Å². The number of anilines is 1. The van der Waals surface area contributed by atoms with Crippen molar-refractivity contribution in [2.45, 2.75) is 5.41 Å². The van der Waals surface area contributed by atoms with Gasteiger partial charge in [-0.25, -0.2) is 0 Å². The fourth-order valence-electron chi connectivity index (χ4n) is 4.25. The van der Waals surface area contributed by atoms with Crippen LogP contribution in [0.1, 0.15) is 11.1 Å². The van der Waals surface area contributed by atoms with Crippen molar-refractivity contribution >= 4 is 5.69 Å². The van der Waals surface area contributed by atoms with Crippen LogP contribution in [0.2, 0.25) is 0 Å². The van der Waals surface area contributed by atoms with Gasteiger partial charge in [-0.15, -0.1) is 0 Å². The number of methoxy groups -OCH3 is 2. The van der Waals surface area contributed by atoms with Crippen molar-refractivity contribution in [2.75, 3.05) is 71.9 Å². The molecule has 0 radical (unpaired) electrons. The highest BCUT2D eigenvalue weighted by Gasteiger charge is 2.49. The van der Waals surface area contributed by atoms with E-state index in [0.717, 1.165) is 24.6 Å². The largest absolute Gasteiger partial charge is 0.492 e. The molecule has 156 valence electrons. The molecule has 1 spiro atoms. The van der Waals surface area contributed by atoms with Crippen molar-refractivity contribution < 1.29 is 23.7 Å². The molecule has 6 nitrogen and oxygen atoms in total. The van der Waals surface area contributed by atoms with Crippen LogP contribution in [0.5, 0.6) is 11.5 Å². The van der Waals surface area contributed by atoms with Crippen LogP contribution in [0, 0.1) is 0 Å². The highest BCUT2D eigenvalue weighted by Crippen LogP contribution is 2.51. The first-order valence-electron chi connectivity index (χ1n) is 10.1. The van der Waals surface area contributed by atoms with Gasteiger partial charge in [0.05, 0.1) is 31.8 Å². The highest BCUT2D eigenvalue weighted by molar-refractivity contribution is 5.69. The first-order chi connectivity index (χ1) is 14.3. The standard InChI is InChI=1S/C23H29NO5/c1-25-11-13-27-10-9-24-16-23(19-5-3-4-6-21(19)24)17-29-22-15-18(7-8-20(22)23)28-14-12-26-2/h3-8,15H,9-14,16-17H2,1-2H3. The van der Waals surface area contributed by atoms with Crippen LogP contribution in [-0.2, 0) is 19.6 Å². The molecule has 1 unspecified atom stereocenters. The Labute approximate surface area is 172 Å². The van der Waals surface area contributed by atoms with Gasteiger partial charge in [0.1, 0.15) is 24.7 Å². The first-order valence-corrected chi connectivity index (χ1v) is 10.1. The number of hydrogen-bond acceptors (Lipinski definition) is 6. The third kappa shape index (κ3) is 3.92. The fourth-order valence-corrected chi connectivity index (χ4v) is 4.25. The lowest BCUT2D eigenvalue weighted by molar-refractivity contribution is 0.0740. The number of fused-ring (bicyclic) bond motifs is 4. The molecule has 2 aliphatic rings. The smallest absolute Gasteiger partial charge is 0.127 e. The van der Waals surface area contributed by atoms with Crippen molar-refractivity contribution in [2.24, 2.45) is 0 Å². The van der Waals surface area contributed by atoms with Gasteiger partial charge in [0.2, 0.25) is 0 Å². The molecule has 0 bridgehead atoms. The molecule has 0 amide bonds. The summed E-state index contributed by atoms with van der Waals surface area (Å²) in [6, 6.07) is 14.8. The molecule has 2 aromatic rings. The first kappa shape index (κ1) is 20.0. The number of rotatable bonds is 10. The number of nitrogens with zero attached hydrogens (tertiary/aromatic N) is 1. The zero-order valence-electron chi connectivity index (χ0n) is 17.2. The molecule has 0 aromatic heterocycles. The van der Waals surface area contributed by atoms with Crippen LogP contribution in [0.15, 0.2) is 42.5 Å². The van der Waals surface area contributed by atoms with Gasteiger partial charge in [-0.1, -0.05) is 24.3 Å². The maximum atomic E-state index is 6.16. The van der Waals surface area contributed by atoms with E-state index in [2.05, 4.69) is 35.2 Å². The third-order valence-corrected chi connectivity index (χ3v) is 5.66. The van der Waals surface area contributed by atoms with Crippen molar-refractivity contribution in [3.8, 4) is 11.5 Å². The van der Waals surface area contributed by atoms with Crippen LogP contribution in [0.4, 0.5) is 5.69 Å². The Morgan fingerprint density at radius 2 is 1.76 bits per heavy atom. The summed E-state index contributed by atoms with van der Waals surface area (Å²) >= 11 is 0. The van der Waals surface area contributed by atoms with Crippen LogP contribution in [-0.4, -0.2) is 67.0 Å². The minimum Gasteiger partial charge on any atom is -0.492 e. The van der Waals surface area contributed by atoms with E-state index in [9.17, 15) is 0 Å². The predicted molar refractivity (Wildman–Crippen MR) is 111 cm³/mol. The maximum Gasteiger partial charge on any atom is 0.127 e. The fraction of sp³-hybridized carbons (Fsp3) is 0.478. The van der Waals surface area contributed by atoms with Gasteiger partial charge in [-0.05, 0) is 17.7 Å². The second-order valence-corrected chi connectivity index (χ2v) is 7.41. The van der Waals surface area contributed by atoms with E-state index < -0.39 is 0 Å². The summed E-state index contributed by atoms with van der Waals surface area (Å²) in [5.74, 6) is 1.72. The predicted octanol–water partition coefficient (Wildman–Crippen LogP) is 2.87. The summed E-state index contributed by atoms with van der Waals surface area (Å²) in [5, 5.41) is 0. The normalized spacial score (nSPS) is 19.3. The molecule has 6 heteroatoms. The number of para-hydroxylation sites is 1. The quantitative estimate of drug-likeness (QED) is 0.573. The van der Waals surface area contributed by atoms with Gasteiger partial charge in [0.25, 0.3) is 0 Å². The molecule has 0 saturated heterocycles. The number of hydrogen-bond donors (Lipinski definition) is 0. The molecule has 0 aliphatic carbocycles. The van der Waals surface area contributed by atoms with E-state index in [-0.39, 0.29) is 5.41 Å². The van der Waals surface area contributed by atoms with Gasteiger partial charge in [0.15, 0.2) is 0 Å². The van der Waals surface area contributed by atoms with Crippen LogP contribution in [0.25, 0.3) is 0 Å². The summed E-state index contributed by atoms with van der Waals surface area (Å²) in [7, 11) is 3.36. The Morgan fingerprint density at radius 3 is 2.62 bits per heavy atom. The van der Waals surface area contributed by atoms with E-state index in [1.54, 1.807) is 14.2 Å². The Kier molecular flexibility index (Phi) is 6.23. The lowest BCUT2D eigenvalue weighted by Gasteiger charge is -2.25. The molecule has 0 N–H and O–H groups in total. The van der Waals surface area contributed by atoms with Gasteiger partial charge in [0, 0.05) is 44.6 Å². The van der Waals surface area contributed by atoms with E-state index in [0.29, 0.717) is 39.6 Å². The Balaban J connectivity index is 1.53. The van der Waals surface area contributed by atoms with Crippen LogP contribution in [0.3, 0.4) is 0 Å². The van der Waals surface area contributed by atoms with Gasteiger partial charge in [-0.3, -0.25) is 0 Å². The van der Waals surface area contributed by atoms with E-state index in [4.69, 9.17) is 23.7 Å². The zero-order valence-corrected chi connectivity index (χ0v) is 17.2.